The van der Waals surface area contributed by atoms with E-state index in [-0.39, 0.29) is 16.4 Å². The number of hydrazone groups is 1. The monoisotopic (exact) mass is 519 g/mol. The van der Waals surface area contributed by atoms with Crippen LogP contribution in [-0.4, -0.2) is 27.8 Å². The zero-order valence-corrected chi connectivity index (χ0v) is 22.0. The standard InChI is InChI=1S/C28H33N5O3S/c1-27-14-12-21-23(37-26(31-21)30-16-5-3-15(4-6-16)24(34)35)20(27)8-7-17-18-9-10-22(32-33-25(29)36)28(18,2)13-11-19(17)27/h3-6,8,17-19H,7,9-14H2,1-2H3,(H,30,31)(H,34,35)(H3,29,33,36)/b32-22+/t17-,18-,19-,27+,28-/m0/s1. The highest BCUT2D eigenvalue weighted by Gasteiger charge is 2.58. The maximum atomic E-state index is 11.3. The average molecular weight is 520 g/mol. The fourth-order valence-electron chi connectivity index (χ4n) is 7.84. The van der Waals surface area contributed by atoms with Crippen LogP contribution in [0.5, 0.6) is 0 Å². The van der Waals surface area contributed by atoms with Gasteiger partial charge in [-0.1, -0.05) is 31.3 Å². The van der Waals surface area contributed by atoms with Crippen LogP contribution in [0, 0.1) is 28.6 Å². The van der Waals surface area contributed by atoms with Crippen LogP contribution < -0.4 is 16.5 Å². The lowest BCUT2D eigenvalue weighted by Crippen LogP contribution is -2.49. The summed E-state index contributed by atoms with van der Waals surface area (Å²) in [5.41, 5.74) is 12.8. The van der Waals surface area contributed by atoms with Gasteiger partial charge in [-0.25, -0.2) is 20.0 Å². The first-order chi connectivity index (χ1) is 17.7. The summed E-state index contributed by atoms with van der Waals surface area (Å²) in [6.45, 7) is 4.81. The third kappa shape index (κ3) is 3.86. The number of rotatable bonds is 4. The number of nitrogens with two attached hydrogens (primary N) is 1. The van der Waals surface area contributed by atoms with Gasteiger partial charge in [-0.2, -0.15) is 5.10 Å². The normalized spacial score (nSPS) is 33.0. The molecular formula is C28H33N5O3S. The van der Waals surface area contributed by atoms with Crippen molar-refractivity contribution in [2.75, 3.05) is 5.32 Å². The Morgan fingerprint density at radius 1 is 1.11 bits per heavy atom. The number of thiazole rings is 1. The SMILES string of the molecule is C[C@]12CCc3nc(Nc4ccc(C(=O)O)cc4)sc3C1=CC[C@@H]1[C@@H]2CC[C@]2(C)/C(=N/NC(N)=O)CC[C@@H]12. The predicted octanol–water partition coefficient (Wildman–Crippen LogP) is 5.79. The second-order valence-electron chi connectivity index (χ2n) is 11.5. The summed E-state index contributed by atoms with van der Waals surface area (Å²) in [6.07, 6.45) is 9.95. The Labute approximate surface area is 220 Å². The van der Waals surface area contributed by atoms with Gasteiger partial charge < -0.3 is 16.2 Å². The summed E-state index contributed by atoms with van der Waals surface area (Å²) in [5, 5.41) is 17.8. The third-order valence-electron chi connectivity index (χ3n) is 9.71. The van der Waals surface area contributed by atoms with Crippen molar-refractivity contribution >= 4 is 45.4 Å². The molecule has 5 N–H and O–H groups in total. The maximum Gasteiger partial charge on any atom is 0.335 e. The third-order valence-corrected chi connectivity index (χ3v) is 10.8. The number of fused-ring (bicyclic) bond motifs is 7. The molecule has 2 amide bonds. The molecule has 0 spiro atoms. The van der Waals surface area contributed by atoms with Crippen molar-refractivity contribution in [3.63, 3.8) is 0 Å². The lowest BCUT2D eigenvalue weighted by atomic mass is 9.48. The number of hydrogen-bond donors (Lipinski definition) is 4. The molecule has 1 heterocycles. The van der Waals surface area contributed by atoms with Crippen LogP contribution in [0.3, 0.4) is 0 Å². The summed E-state index contributed by atoms with van der Waals surface area (Å²) in [7, 11) is 0. The lowest BCUT2D eigenvalue weighted by molar-refractivity contribution is 0.0116. The van der Waals surface area contributed by atoms with Crippen molar-refractivity contribution in [3.05, 3.63) is 46.5 Å². The van der Waals surface area contributed by atoms with E-state index in [9.17, 15) is 9.59 Å². The molecule has 37 heavy (non-hydrogen) atoms. The van der Waals surface area contributed by atoms with Crippen LogP contribution >= 0.6 is 11.3 Å². The smallest absolute Gasteiger partial charge is 0.335 e. The van der Waals surface area contributed by atoms with Gasteiger partial charge in [0.2, 0.25) is 0 Å². The van der Waals surface area contributed by atoms with Gasteiger partial charge in [-0.15, -0.1) is 0 Å². The molecule has 0 aliphatic heterocycles. The highest BCUT2D eigenvalue weighted by molar-refractivity contribution is 7.16. The van der Waals surface area contributed by atoms with Gasteiger partial charge in [0.05, 0.1) is 16.1 Å². The molecule has 0 unspecified atom stereocenters. The molecule has 5 atom stereocenters. The molecule has 8 nitrogen and oxygen atoms in total. The maximum absolute atomic E-state index is 11.3. The van der Waals surface area contributed by atoms with Crippen molar-refractivity contribution < 1.29 is 14.7 Å². The van der Waals surface area contributed by atoms with Crippen molar-refractivity contribution in [1.29, 1.82) is 0 Å². The van der Waals surface area contributed by atoms with E-state index in [4.69, 9.17) is 15.8 Å². The molecule has 4 aliphatic carbocycles. The number of nitrogens with zero attached hydrogens (tertiary/aromatic N) is 2. The van der Waals surface area contributed by atoms with Crippen LogP contribution in [-0.2, 0) is 6.42 Å². The number of carboxylic acids is 1. The molecule has 6 rings (SSSR count). The lowest BCUT2D eigenvalue weighted by Gasteiger charge is -2.56. The van der Waals surface area contributed by atoms with Crippen LogP contribution in [0.15, 0.2) is 35.4 Å². The number of nitrogens with one attached hydrogen (secondary N) is 2. The largest absolute Gasteiger partial charge is 0.478 e. The zero-order chi connectivity index (χ0) is 25.9. The summed E-state index contributed by atoms with van der Waals surface area (Å²) >= 11 is 1.71. The summed E-state index contributed by atoms with van der Waals surface area (Å²) in [5.74, 6) is 0.894. The number of benzene rings is 1. The van der Waals surface area contributed by atoms with E-state index in [1.54, 1.807) is 35.6 Å². The number of primary amides is 1. The van der Waals surface area contributed by atoms with Gasteiger partial charge in [-0.3, -0.25) is 0 Å². The quantitative estimate of drug-likeness (QED) is 0.380. The highest BCUT2D eigenvalue weighted by Crippen LogP contribution is 2.65. The Hall–Kier alpha value is -3.20. The minimum Gasteiger partial charge on any atom is -0.478 e. The number of carboxylic acid groups (broad SMARTS) is 1. The van der Waals surface area contributed by atoms with Crippen molar-refractivity contribution in [2.24, 2.45) is 39.4 Å². The van der Waals surface area contributed by atoms with Gasteiger partial charge in [0, 0.05) is 16.8 Å². The van der Waals surface area contributed by atoms with E-state index in [2.05, 4.69) is 35.8 Å². The van der Waals surface area contributed by atoms with E-state index < -0.39 is 12.0 Å². The Balaban J connectivity index is 1.26. The number of amides is 2. The number of aryl methyl sites for hydroxylation is 1. The number of hydrogen-bond acceptors (Lipinski definition) is 6. The minimum absolute atomic E-state index is 0.0307. The fraction of sp³-hybridized carbons (Fsp3) is 0.500. The van der Waals surface area contributed by atoms with Gasteiger partial charge in [0.1, 0.15) is 0 Å². The molecule has 0 bridgehead atoms. The molecule has 9 heteroatoms. The Bertz CT molecular complexity index is 1330. The van der Waals surface area contributed by atoms with Crippen LogP contribution in [0.25, 0.3) is 5.57 Å². The van der Waals surface area contributed by atoms with E-state index in [0.717, 1.165) is 61.5 Å². The average Bonchev–Trinajstić information content (AvgIpc) is 3.42. The van der Waals surface area contributed by atoms with Gasteiger partial charge in [0.15, 0.2) is 5.13 Å². The molecule has 2 fully saturated rings. The fourth-order valence-corrected chi connectivity index (χ4v) is 9.05. The number of anilines is 2. The molecule has 4 aliphatic rings. The Morgan fingerprint density at radius 3 is 2.59 bits per heavy atom. The number of carbonyl (C=O) groups excluding carboxylic acids is 1. The number of carbonyl (C=O) groups is 2. The molecular weight excluding hydrogens is 486 g/mol. The highest BCUT2D eigenvalue weighted by atomic mass is 32.1. The van der Waals surface area contributed by atoms with Gasteiger partial charge in [0.25, 0.3) is 0 Å². The van der Waals surface area contributed by atoms with Crippen molar-refractivity contribution in [2.45, 2.75) is 58.8 Å². The van der Waals surface area contributed by atoms with Crippen molar-refractivity contribution in [3.8, 4) is 0 Å². The number of urea groups is 1. The first-order valence-corrected chi connectivity index (χ1v) is 13.9. The molecule has 0 saturated heterocycles. The van der Waals surface area contributed by atoms with Gasteiger partial charge >= 0.3 is 12.0 Å². The topological polar surface area (TPSA) is 130 Å². The molecule has 1 aromatic carbocycles. The van der Waals surface area contributed by atoms with Crippen molar-refractivity contribution in [1.82, 2.24) is 10.4 Å². The van der Waals surface area contributed by atoms with Crippen LogP contribution in [0.1, 0.15) is 73.3 Å². The van der Waals surface area contributed by atoms with E-state index in [0.29, 0.717) is 17.8 Å². The van der Waals surface area contributed by atoms with E-state index >= 15 is 0 Å². The summed E-state index contributed by atoms with van der Waals surface area (Å²) < 4.78 is 0. The second kappa shape index (κ2) is 8.68. The van der Waals surface area contributed by atoms with E-state index in [1.165, 1.54) is 16.1 Å². The van der Waals surface area contributed by atoms with Gasteiger partial charge in [-0.05, 0) is 98.0 Å². The van der Waals surface area contributed by atoms with E-state index in [1.807, 2.05) is 0 Å². The second-order valence-corrected chi connectivity index (χ2v) is 12.5. The molecule has 1 aromatic heterocycles. The zero-order valence-electron chi connectivity index (χ0n) is 21.2. The first-order valence-electron chi connectivity index (χ1n) is 13.1. The number of aromatic carboxylic acids is 1. The predicted molar refractivity (Wildman–Crippen MR) is 145 cm³/mol. The molecule has 2 aromatic rings. The molecule has 194 valence electrons. The Kier molecular flexibility index (Phi) is 5.67. The number of aromatic nitrogens is 1. The summed E-state index contributed by atoms with van der Waals surface area (Å²) in [4.78, 5) is 28.6. The molecule has 0 radical (unpaired) electrons. The Morgan fingerprint density at radius 2 is 1.86 bits per heavy atom. The molecule has 2 saturated carbocycles. The summed E-state index contributed by atoms with van der Waals surface area (Å²) in [6, 6.07) is 6.20. The first kappa shape index (κ1) is 24.2. The minimum atomic E-state index is -0.926. The van der Waals surface area contributed by atoms with Crippen LogP contribution in [0.4, 0.5) is 15.6 Å². The van der Waals surface area contributed by atoms with Crippen LogP contribution in [0.2, 0.25) is 0 Å². The number of allylic oxidation sites excluding steroid dienone is 2.